The van der Waals surface area contributed by atoms with Crippen LogP contribution in [0.25, 0.3) is 21.5 Å². The minimum absolute atomic E-state index is 0.0162. The number of anilines is 4. The molecule has 12 N–H and O–H groups in total. The van der Waals surface area contributed by atoms with E-state index in [2.05, 4.69) is 40.5 Å². The first-order valence-electron chi connectivity index (χ1n) is 16.0. The molecule has 0 aromatic heterocycles. The van der Waals surface area contributed by atoms with Gasteiger partial charge in [0, 0.05) is 22.3 Å². The first kappa shape index (κ1) is 43.1. The number of phenols is 2. The summed E-state index contributed by atoms with van der Waals surface area (Å²) in [6.07, 6.45) is 0. The van der Waals surface area contributed by atoms with Crippen molar-refractivity contribution in [1.29, 1.82) is 0 Å². The zero-order chi connectivity index (χ0) is 43.7. The molecule has 0 unspecified atom stereocenters. The van der Waals surface area contributed by atoms with E-state index < -0.39 is 68.2 Å². The summed E-state index contributed by atoms with van der Waals surface area (Å²) in [6.45, 7) is 0. The zero-order valence-electron chi connectivity index (χ0n) is 29.5. The number of amides is 2. The van der Waals surface area contributed by atoms with E-state index in [0.29, 0.717) is 22.3 Å². The number of phenolic OH excluding ortho intramolecular Hbond substituents is 2. The molecule has 312 valence electrons. The molecule has 6 aromatic rings. The van der Waals surface area contributed by atoms with Gasteiger partial charge in [-0.25, -0.2) is 10.1 Å². The molecule has 0 saturated heterocycles. The summed E-state index contributed by atoms with van der Waals surface area (Å²) >= 11 is 0.569. The molecule has 23 nitrogen and oxygen atoms in total. The third-order valence-electron chi connectivity index (χ3n) is 8.11. The summed E-state index contributed by atoms with van der Waals surface area (Å²) in [6, 6.07) is 15.0. The van der Waals surface area contributed by atoms with Gasteiger partial charge in [0.1, 0.15) is 44.0 Å². The Hall–Kier alpha value is -6.53. The van der Waals surface area contributed by atoms with Crippen molar-refractivity contribution in [3.8, 4) is 11.5 Å². The number of nitrogens with two attached hydrogens (primary N) is 2. The summed E-state index contributed by atoms with van der Waals surface area (Å²) in [5.74, 6) is -1.02. The van der Waals surface area contributed by atoms with Crippen LogP contribution in [0.2, 0.25) is 0 Å². The molecule has 27 heteroatoms. The van der Waals surface area contributed by atoms with E-state index in [4.69, 9.17) is 16.7 Å². The smallest absolute Gasteiger partial charge is 0.323 e. The molecule has 0 aliphatic rings. The van der Waals surface area contributed by atoms with Gasteiger partial charge >= 0.3 is 6.03 Å². The molecule has 2 amide bonds. The van der Waals surface area contributed by atoms with Crippen molar-refractivity contribution in [2.24, 2.45) is 20.5 Å². The van der Waals surface area contributed by atoms with Gasteiger partial charge in [-0.1, -0.05) is 17.2 Å². The van der Waals surface area contributed by atoms with E-state index in [1.165, 1.54) is 42.5 Å². The number of carbonyl (C=O) groups is 1. The number of nitrogen functional groups attached to an aromatic ring is 2. The van der Waals surface area contributed by atoms with Gasteiger partial charge in [-0.3, -0.25) is 13.7 Å². The molecule has 0 spiro atoms. The molecule has 0 fully saturated rings. The Labute approximate surface area is 341 Å². The van der Waals surface area contributed by atoms with Gasteiger partial charge in [0.05, 0.1) is 39.1 Å². The van der Waals surface area contributed by atoms with Crippen LogP contribution in [0.15, 0.2) is 125 Å². The van der Waals surface area contributed by atoms with Gasteiger partial charge in [-0.05, 0) is 77.5 Å². The first-order chi connectivity index (χ1) is 28.1. The van der Waals surface area contributed by atoms with Crippen molar-refractivity contribution in [3.05, 3.63) is 84.9 Å². The maximum Gasteiger partial charge on any atom is 0.323 e. The van der Waals surface area contributed by atoms with E-state index in [1.54, 1.807) is 0 Å². The van der Waals surface area contributed by atoms with E-state index >= 15 is 0 Å². The Morgan fingerprint density at radius 3 is 1.52 bits per heavy atom. The number of nitrogens with one attached hydrogen (secondary N) is 2. The largest absolute Gasteiger partial charge is 0.507 e. The lowest BCUT2D eigenvalue weighted by atomic mass is 10.1. The molecule has 0 atom stereocenters. The number of rotatable bonds is 12. The Morgan fingerprint density at radius 1 is 0.600 bits per heavy atom. The molecule has 0 radical (unpaired) electrons. The van der Waals surface area contributed by atoms with Crippen LogP contribution in [0.1, 0.15) is 0 Å². The molecular formula is C33H26N8O15S4. The summed E-state index contributed by atoms with van der Waals surface area (Å²) in [5.41, 5.74) is 10.3. The highest BCUT2D eigenvalue weighted by Gasteiger charge is 2.22. The lowest BCUT2D eigenvalue weighted by molar-refractivity contribution is -0.432. The van der Waals surface area contributed by atoms with Crippen molar-refractivity contribution in [2.45, 2.75) is 19.6 Å². The predicted molar refractivity (Wildman–Crippen MR) is 214 cm³/mol. The number of azo groups is 2. The van der Waals surface area contributed by atoms with Crippen LogP contribution in [-0.4, -0.2) is 60.4 Å². The fourth-order valence-corrected chi connectivity index (χ4v) is 7.84. The minimum atomic E-state index is -5.07. The number of hydrogen-bond acceptors (Lipinski definition) is 19. The van der Waals surface area contributed by atoms with Crippen molar-refractivity contribution < 1.29 is 68.5 Å². The number of nitrogens with zero attached hydrogens (tertiary/aromatic N) is 4. The fourth-order valence-electron chi connectivity index (χ4n) is 5.56. The second kappa shape index (κ2) is 16.6. The van der Waals surface area contributed by atoms with Crippen LogP contribution < -0.4 is 22.1 Å². The molecule has 60 heavy (non-hydrogen) atoms. The van der Waals surface area contributed by atoms with Crippen LogP contribution in [0.5, 0.6) is 11.5 Å². The highest BCUT2D eigenvalue weighted by molar-refractivity contribution is 7.94. The number of benzene rings is 6. The Morgan fingerprint density at radius 2 is 1.07 bits per heavy atom. The van der Waals surface area contributed by atoms with Crippen LogP contribution in [0.3, 0.4) is 0 Å². The average molecular weight is 903 g/mol. The molecule has 0 aliphatic heterocycles. The Kier molecular flexibility index (Phi) is 11.9. The van der Waals surface area contributed by atoms with Crippen LogP contribution in [-0.2, 0) is 39.7 Å². The topological polar surface area (TPSA) is 385 Å². The van der Waals surface area contributed by atoms with Crippen molar-refractivity contribution >= 4 is 115 Å². The summed E-state index contributed by atoms with van der Waals surface area (Å²) in [5, 5.41) is 53.8. The number of fused-ring (bicyclic) bond motifs is 2. The molecule has 0 aliphatic carbocycles. The second-order valence-electron chi connectivity index (χ2n) is 12.1. The second-order valence-corrected chi connectivity index (χ2v) is 17.1. The molecular weight excluding hydrogens is 877 g/mol. The molecule has 6 rings (SSSR count). The normalized spacial score (nSPS) is 12.5. The highest BCUT2D eigenvalue weighted by Crippen LogP contribution is 2.43. The minimum Gasteiger partial charge on any atom is -0.507 e. The summed E-state index contributed by atoms with van der Waals surface area (Å²) in [4.78, 5) is 10.9. The van der Waals surface area contributed by atoms with E-state index in [0.717, 1.165) is 42.5 Å². The van der Waals surface area contributed by atoms with Crippen molar-refractivity contribution in [3.63, 3.8) is 0 Å². The number of hydrogen-bond donors (Lipinski definition) is 10. The lowest BCUT2D eigenvalue weighted by Gasteiger charge is -2.11. The van der Waals surface area contributed by atoms with Gasteiger partial charge < -0.3 is 32.3 Å². The number of aromatic hydroxyl groups is 2. The van der Waals surface area contributed by atoms with Crippen LogP contribution in [0, 0.1) is 0 Å². The summed E-state index contributed by atoms with van der Waals surface area (Å²) in [7, 11) is -14.8. The maximum atomic E-state index is 13.0. The van der Waals surface area contributed by atoms with Crippen LogP contribution in [0.4, 0.5) is 50.3 Å². The highest BCUT2D eigenvalue weighted by atomic mass is 32.2. The summed E-state index contributed by atoms with van der Waals surface area (Å²) < 4.78 is 106. The van der Waals surface area contributed by atoms with Gasteiger partial charge in [0.15, 0.2) is 0 Å². The molecule has 0 heterocycles. The zero-order valence-corrected chi connectivity index (χ0v) is 32.8. The first-order valence-corrected chi connectivity index (χ1v) is 21.1. The monoisotopic (exact) mass is 902 g/mol. The predicted octanol–water partition coefficient (Wildman–Crippen LogP) is 7.21. The van der Waals surface area contributed by atoms with E-state index in [9.17, 15) is 53.9 Å². The average Bonchev–Trinajstić information content (AvgIpc) is 3.16. The maximum absolute atomic E-state index is 13.0. The van der Waals surface area contributed by atoms with Crippen molar-refractivity contribution in [2.75, 3.05) is 22.1 Å². The van der Waals surface area contributed by atoms with Crippen molar-refractivity contribution in [1.82, 2.24) is 0 Å². The van der Waals surface area contributed by atoms with Gasteiger partial charge in [-0.2, -0.15) is 25.3 Å². The Balaban J connectivity index is 1.25. The molecule has 6 aromatic carbocycles. The third kappa shape index (κ3) is 9.50. The molecule has 0 saturated carbocycles. The lowest BCUT2D eigenvalue weighted by Crippen LogP contribution is -2.19. The number of carbonyl (C=O) groups excluding carboxylic acids is 1. The van der Waals surface area contributed by atoms with Crippen LogP contribution >= 0.6 is 12.0 Å². The Bertz CT molecular complexity index is 3150. The fraction of sp³-hybridized carbons (Fsp3) is 0. The molecule has 0 bridgehead atoms. The van der Waals surface area contributed by atoms with Gasteiger partial charge in [0.2, 0.25) is 0 Å². The SMILES string of the molecule is Nc1ccc2cc(SOOO)cc(O)c2c1N=Nc1ccc(NC(=O)Nc2ccc(N=Nc3c(N)ccc4cc(S(=O)(=O)O)cc(O)c34)c(S(=O)(=O)O)c2)cc1S(=O)(=O)O. The number of urea groups is 1. The quantitative estimate of drug-likeness (QED) is 0.0145. The van der Waals surface area contributed by atoms with Gasteiger partial charge in [0.25, 0.3) is 30.4 Å². The van der Waals surface area contributed by atoms with E-state index in [1.807, 2.05) is 0 Å². The third-order valence-corrected chi connectivity index (χ3v) is 11.3. The standard InChI is InChI=1S/C33H26N8O15S4/c34-21-5-1-15-9-19(57-56-55-45)13-25(42)29(15)31(21)40-38-23-7-3-17(11-27(23)59(49,50)51)36-33(44)37-18-4-8-24(28(12-18)60(52,53)54)39-41-32-22(35)6-2-16-10-20(58(46,47)48)14-26(43)30(16)32/h1-14,42-43,45H,34-35H2,(H2,36,37,44)(H,46,47,48)(H,49,50,51)(H,52,53,54). The van der Waals surface area contributed by atoms with Gasteiger partial charge in [-0.15, -0.1) is 24.8 Å². The van der Waals surface area contributed by atoms with E-state index in [-0.39, 0.29) is 56.0 Å².